The first-order valence-electron chi connectivity index (χ1n) is 7.52. The van der Waals surface area contributed by atoms with E-state index in [2.05, 4.69) is 22.8 Å². The molecule has 1 aromatic carbocycles. The molecule has 2 atom stereocenters. The molecule has 2 aromatic rings. The van der Waals surface area contributed by atoms with Crippen LogP contribution in [-0.2, 0) is 11.3 Å². The second kappa shape index (κ2) is 7.42. The highest BCUT2D eigenvalue weighted by molar-refractivity contribution is 7.07. The molecular weight excluding hydrogens is 296 g/mol. The van der Waals surface area contributed by atoms with Crippen molar-refractivity contribution in [3.63, 3.8) is 0 Å². The number of carbonyl (C=O) groups excluding carboxylic acids is 1. The summed E-state index contributed by atoms with van der Waals surface area (Å²) in [6, 6.07) is 12.1. The van der Waals surface area contributed by atoms with Crippen molar-refractivity contribution in [1.29, 1.82) is 0 Å². The summed E-state index contributed by atoms with van der Waals surface area (Å²) in [7, 11) is 0. The zero-order valence-electron chi connectivity index (χ0n) is 12.3. The molecule has 22 heavy (non-hydrogen) atoms. The summed E-state index contributed by atoms with van der Waals surface area (Å²) < 4.78 is 5.83. The van der Waals surface area contributed by atoms with Crippen LogP contribution >= 0.6 is 11.3 Å². The van der Waals surface area contributed by atoms with Gasteiger partial charge in [0.2, 0.25) is 0 Å². The molecular formula is C17H20N2O2S. The Balaban J connectivity index is 1.47. The summed E-state index contributed by atoms with van der Waals surface area (Å²) in [6.45, 7) is 1.95. The van der Waals surface area contributed by atoms with Crippen LogP contribution in [0.4, 0.5) is 4.79 Å². The number of carbonyl (C=O) groups is 1. The molecule has 0 saturated carbocycles. The Morgan fingerprint density at radius 2 is 2.09 bits per heavy atom. The standard InChI is InChI=1S/C17H20N2O2S/c20-17(18-10-13-7-9-22-12-13)19-11-15-6-8-21-16(15)14-4-2-1-3-5-14/h1-5,7,9,12,15-16H,6,8,10-11H2,(H2,18,19,20)/t15-,16-/m0/s1. The van der Waals surface area contributed by atoms with Gasteiger partial charge in [-0.15, -0.1) is 0 Å². The summed E-state index contributed by atoms with van der Waals surface area (Å²) in [5, 5.41) is 9.89. The van der Waals surface area contributed by atoms with Crippen LogP contribution in [-0.4, -0.2) is 19.2 Å². The summed E-state index contributed by atoms with van der Waals surface area (Å²) >= 11 is 1.63. The van der Waals surface area contributed by atoms with E-state index in [-0.39, 0.29) is 12.1 Å². The Morgan fingerprint density at radius 3 is 2.86 bits per heavy atom. The van der Waals surface area contributed by atoms with Gasteiger partial charge in [-0.25, -0.2) is 4.79 Å². The van der Waals surface area contributed by atoms with Crippen molar-refractivity contribution in [2.75, 3.05) is 13.2 Å². The topological polar surface area (TPSA) is 50.4 Å². The minimum Gasteiger partial charge on any atom is -0.373 e. The second-order valence-electron chi connectivity index (χ2n) is 5.45. The first-order chi connectivity index (χ1) is 10.8. The third-order valence-electron chi connectivity index (χ3n) is 3.90. The summed E-state index contributed by atoms with van der Waals surface area (Å²) in [5.74, 6) is 0.328. The maximum absolute atomic E-state index is 11.9. The van der Waals surface area contributed by atoms with Crippen molar-refractivity contribution in [3.05, 3.63) is 58.3 Å². The van der Waals surface area contributed by atoms with Crippen LogP contribution in [0.5, 0.6) is 0 Å². The molecule has 1 aliphatic rings. The van der Waals surface area contributed by atoms with Crippen molar-refractivity contribution in [2.24, 2.45) is 5.92 Å². The molecule has 1 saturated heterocycles. The lowest BCUT2D eigenvalue weighted by atomic mass is 9.95. The molecule has 2 heterocycles. The second-order valence-corrected chi connectivity index (χ2v) is 6.23. The molecule has 0 aliphatic carbocycles. The first-order valence-corrected chi connectivity index (χ1v) is 8.46. The van der Waals surface area contributed by atoms with E-state index < -0.39 is 0 Å². The predicted octanol–water partition coefficient (Wildman–Crippen LogP) is 3.33. The fraction of sp³-hybridized carbons (Fsp3) is 0.353. The maximum Gasteiger partial charge on any atom is 0.315 e. The number of amides is 2. The van der Waals surface area contributed by atoms with Crippen LogP contribution in [0.2, 0.25) is 0 Å². The number of benzene rings is 1. The monoisotopic (exact) mass is 316 g/mol. The number of thiophene rings is 1. The molecule has 3 rings (SSSR count). The van der Waals surface area contributed by atoms with Crippen LogP contribution in [0, 0.1) is 5.92 Å². The molecule has 1 aromatic heterocycles. The number of hydrogen-bond donors (Lipinski definition) is 2. The van der Waals surface area contributed by atoms with Gasteiger partial charge in [0.05, 0.1) is 6.10 Å². The summed E-state index contributed by atoms with van der Waals surface area (Å²) in [6.07, 6.45) is 1.06. The van der Waals surface area contributed by atoms with E-state index in [1.54, 1.807) is 11.3 Å². The third kappa shape index (κ3) is 3.87. The van der Waals surface area contributed by atoms with Crippen LogP contribution in [0.3, 0.4) is 0 Å². The number of nitrogens with one attached hydrogen (secondary N) is 2. The van der Waals surface area contributed by atoms with Gasteiger partial charge in [-0.1, -0.05) is 30.3 Å². The van der Waals surface area contributed by atoms with E-state index in [4.69, 9.17) is 4.74 Å². The lowest BCUT2D eigenvalue weighted by Gasteiger charge is -2.19. The molecule has 116 valence electrons. The predicted molar refractivity (Wildman–Crippen MR) is 87.8 cm³/mol. The Bertz CT molecular complexity index is 586. The zero-order valence-corrected chi connectivity index (χ0v) is 13.1. The first kappa shape index (κ1) is 15.1. The molecule has 2 N–H and O–H groups in total. The normalized spacial score (nSPS) is 20.7. The minimum absolute atomic E-state index is 0.0818. The number of urea groups is 1. The number of ether oxygens (including phenoxy) is 1. The van der Waals surface area contributed by atoms with Gasteiger partial charge in [0, 0.05) is 25.6 Å². The quantitative estimate of drug-likeness (QED) is 0.889. The van der Waals surface area contributed by atoms with Crippen LogP contribution in [0.25, 0.3) is 0 Å². The van der Waals surface area contributed by atoms with Gasteiger partial charge in [-0.3, -0.25) is 0 Å². The van der Waals surface area contributed by atoms with E-state index in [0.717, 1.165) is 18.6 Å². The van der Waals surface area contributed by atoms with Gasteiger partial charge < -0.3 is 15.4 Å². The molecule has 1 fully saturated rings. The zero-order chi connectivity index (χ0) is 15.2. The van der Waals surface area contributed by atoms with Crippen molar-refractivity contribution >= 4 is 17.4 Å². The lowest BCUT2D eigenvalue weighted by molar-refractivity contribution is 0.0910. The minimum atomic E-state index is -0.120. The summed E-state index contributed by atoms with van der Waals surface area (Å²) in [5.41, 5.74) is 2.32. The fourth-order valence-corrected chi connectivity index (χ4v) is 3.38. The fourth-order valence-electron chi connectivity index (χ4n) is 2.72. The van der Waals surface area contributed by atoms with Gasteiger partial charge in [-0.05, 0) is 34.4 Å². The largest absolute Gasteiger partial charge is 0.373 e. The highest BCUT2D eigenvalue weighted by Gasteiger charge is 2.29. The van der Waals surface area contributed by atoms with Crippen molar-refractivity contribution in [1.82, 2.24) is 10.6 Å². The number of hydrogen-bond acceptors (Lipinski definition) is 3. The van der Waals surface area contributed by atoms with Gasteiger partial charge >= 0.3 is 6.03 Å². The molecule has 0 unspecified atom stereocenters. The van der Waals surface area contributed by atoms with Crippen molar-refractivity contribution < 1.29 is 9.53 Å². The molecule has 5 heteroatoms. The molecule has 0 spiro atoms. The summed E-state index contributed by atoms with van der Waals surface area (Å²) in [4.78, 5) is 11.9. The van der Waals surface area contributed by atoms with Gasteiger partial charge in [0.25, 0.3) is 0 Å². The van der Waals surface area contributed by atoms with Crippen molar-refractivity contribution in [2.45, 2.75) is 19.1 Å². The highest BCUT2D eigenvalue weighted by Crippen LogP contribution is 2.33. The van der Waals surface area contributed by atoms with Gasteiger partial charge in [-0.2, -0.15) is 11.3 Å². The highest BCUT2D eigenvalue weighted by atomic mass is 32.1. The Kier molecular flexibility index (Phi) is 5.08. The lowest BCUT2D eigenvalue weighted by Crippen LogP contribution is -2.38. The molecule has 0 radical (unpaired) electrons. The molecule has 1 aliphatic heterocycles. The SMILES string of the molecule is O=C(NCc1ccsc1)NC[C@@H]1CCO[C@H]1c1ccccc1. The van der Waals surface area contributed by atoms with Crippen LogP contribution < -0.4 is 10.6 Å². The maximum atomic E-state index is 11.9. The van der Waals surface area contributed by atoms with E-state index >= 15 is 0 Å². The molecule has 0 bridgehead atoms. The molecule has 2 amide bonds. The van der Waals surface area contributed by atoms with Crippen LogP contribution in [0.1, 0.15) is 23.7 Å². The average Bonchev–Trinajstić information content (AvgIpc) is 3.23. The van der Waals surface area contributed by atoms with Gasteiger partial charge in [0.15, 0.2) is 0 Å². The average molecular weight is 316 g/mol. The smallest absolute Gasteiger partial charge is 0.315 e. The van der Waals surface area contributed by atoms with Gasteiger partial charge in [0.1, 0.15) is 0 Å². The van der Waals surface area contributed by atoms with E-state index in [0.29, 0.717) is 19.0 Å². The van der Waals surface area contributed by atoms with E-state index in [1.165, 1.54) is 5.56 Å². The van der Waals surface area contributed by atoms with E-state index in [1.807, 2.05) is 35.0 Å². The third-order valence-corrected chi connectivity index (χ3v) is 4.63. The Labute approximate surface area is 134 Å². The number of rotatable bonds is 5. The van der Waals surface area contributed by atoms with Crippen LogP contribution in [0.15, 0.2) is 47.2 Å². The molecule has 4 nitrogen and oxygen atoms in total. The Hall–Kier alpha value is -1.85. The van der Waals surface area contributed by atoms with E-state index in [9.17, 15) is 4.79 Å². The van der Waals surface area contributed by atoms with Crippen molar-refractivity contribution in [3.8, 4) is 0 Å². The Morgan fingerprint density at radius 1 is 1.23 bits per heavy atom.